The lowest BCUT2D eigenvalue weighted by Crippen LogP contribution is -2.27. The van der Waals surface area contributed by atoms with Crippen LogP contribution >= 0.6 is 0 Å². The van der Waals surface area contributed by atoms with Gasteiger partial charge in [-0.15, -0.1) is 0 Å². The van der Waals surface area contributed by atoms with Crippen molar-refractivity contribution in [2.75, 3.05) is 11.9 Å². The lowest BCUT2D eigenvalue weighted by Gasteiger charge is -2.12. The number of benzene rings is 2. The summed E-state index contributed by atoms with van der Waals surface area (Å²) in [5, 5.41) is 6.12. The average molecular weight is 378 g/mol. The summed E-state index contributed by atoms with van der Waals surface area (Å²) in [4.78, 5) is 21.1. The molecule has 1 heterocycles. The Kier molecular flexibility index (Phi) is 5.99. The van der Waals surface area contributed by atoms with E-state index in [9.17, 15) is 9.18 Å². The number of aryl methyl sites for hydroxylation is 3. The van der Waals surface area contributed by atoms with Crippen molar-refractivity contribution in [3.05, 3.63) is 82.6 Å². The van der Waals surface area contributed by atoms with Crippen molar-refractivity contribution in [2.24, 2.45) is 0 Å². The molecule has 144 valence electrons. The Morgan fingerprint density at radius 3 is 2.50 bits per heavy atom. The summed E-state index contributed by atoms with van der Waals surface area (Å²) in [7, 11) is 0. The van der Waals surface area contributed by atoms with Crippen molar-refractivity contribution in [1.29, 1.82) is 0 Å². The first-order chi connectivity index (χ1) is 13.4. The number of aromatic nitrogens is 2. The Balaban J connectivity index is 1.67. The maximum Gasteiger partial charge on any atom is 0.270 e. The van der Waals surface area contributed by atoms with Crippen LogP contribution in [0.15, 0.2) is 48.5 Å². The summed E-state index contributed by atoms with van der Waals surface area (Å²) >= 11 is 0. The average Bonchev–Trinajstić information content (AvgIpc) is 2.66. The van der Waals surface area contributed by atoms with Gasteiger partial charge in [-0.3, -0.25) is 4.79 Å². The van der Waals surface area contributed by atoms with Gasteiger partial charge in [0, 0.05) is 18.3 Å². The van der Waals surface area contributed by atoms with Crippen LogP contribution in [-0.2, 0) is 6.42 Å². The maximum absolute atomic E-state index is 12.9. The fourth-order valence-corrected chi connectivity index (χ4v) is 2.82. The zero-order valence-electron chi connectivity index (χ0n) is 16.2. The Hall–Kier alpha value is -3.28. The second kappa shape index (κ2) is 8.61. The highest BCUT2D eigenvalue weighted by atomic mass is 19.1. The number of anilines is 2. The highest BCUT2D eigenvalue weighted by molar-refractivity contribution is 5.93. The zero-order chi connectivity index (χ0) is 20.1. The minimum Gasteiger partial charge on any atom is -0.350 e. The molecule has 5 nitrogen and oxygen atoms in total. The highest BCUT2D eigenvalue weighted by Crippen LogP contribution is 2.21. The van der Waals surface area contributed by atoms with Crippen LogP contribution in [0.2, 0.25) is 0 Å². The third-order valence-corrected chi connectivity index (χ3v) is 4.34. The van der Waals surface area contributed by atoms with E-state index in [-0.39, 0.29) is 11.7 Å². The van der Waals surface area contributed by atoms with Gasteiger partial charge in [0.05, 0.1) is 0 Å². The standard InChI is InChI=1S/C22H23FN4O/c1-14-4-5-15(2)19(12-14)27-21-13-20(25-16(3)26-21)22(28)24-11-10-17-6-8-18(23)9-7-17/h4-9,12-13H,10-11H2,1-3H3,(H,24,28)(H,25,26,27). The molecule has 0 aliphatic heterocycles. The smallest absolute Gasteiger partial charge is 0.270 e. The fraction of sp³-hybridized carbons (Fsp3) is 0.227. The number of nitrogens with one attached hydrogen (secondary N) is 2. The van der Waals surface area contributed by atoms with Gasteiger partial charge < -0.3 is 10.6 Å². The second-order valence-corrected chi connectivity index (χ2v) is 6.76. The molecular formula is C22H23FN4O. The minimum atomic E-state index is -0.270. The van der Waals surface area contributed by atoms with Gasteiger partial charge in [0.1, 0.15) is 23.2 Å². The van der Waals surface area contributed by atoms with Crippen LogP contribution in [0.5, 0.6) is 0 Å². The molecular weight excluding hydrogens is 355 g/mol. The fourth-order valence-electron chi connectivity index (χ4n) is 2.82. The van der Waals surface area contributed by atoms with E-state index in [2.05, 4.69) is 20.6 Å². The predicted octanol–water partition coefficient (Wildman–Crippen LogP) is 4.26. The Morgan fingerprint density at radius 2 is 1.75 bits per heavy atom. The van der Waals surface area contributed by atoms with Gasteiger partial charge in [-0.1, -0.05) is 24.3 Å². The molecule has 0 unspecified atom stereocenters. The first-order valence-electron chi connectivity index (χ1n) is 9.13. The Bertz CT molecular complexity index is 986. The molecule has 6 heteroatoms. The molecule has 2 aromatic carbocycles. The highest BCUT2D eigenvalue weighted by Gasteiger charge is 2.11. The van der Waals surface area contributed by atoms with E-state index in [0.717, 1.165) is 22.4 Å². The van der Waals surface area contributed by atoms with Crippen molar-refractivity contribution in [3.8, 4) is 0 Å². The summed E-state index contributed by atoms with van der Waals surface area (Å²) < 4.78 is 12.9. The van der Waals surface area contributed by atoms with Crippen LogP contribution < -0.4 is 10.6 Å². The normalized spacial score (nSPS) is 10.6. The molecule has 3 rings (SSSR count). The molecule has 1 amide bonds. The molecule has 1 aromatic heterocycles. The number of hydrogen-bond donors (Lipinski definition) is 2. The van der Waals surface area contributed by atoms with Gasteiger partial charge in [-0.2, -0.15) is 0 Å². The van der Waals surface area contributed by atoms with Gasteiger partial charge in [0.15, 0.2) is 0 Å². The SMILES string of the molecule is Cc1ccc(C)c(Nc2cc(C(=O)NCCc3ccc(F)cc3)nc(C)n2)c1. The molecule has 0 saturated carbocycles. The second-order valence-electron chi connectivity index (χ2n) is 6.76. The number of rotatable bonds is 6. The van der Waals surface area contributed by atoms with Crippen molar-refractivity contribution in [3.63, 3.8) is 0 Å². The van der Waals surface area contributed by atoms with Crippen molar-refractivity contribution >= 4 is 17.4 Å². The maximum atomic E-state index is 12.9. The topological polar surface area (TPSA) is 66.9 Å². The molecule has 0 atom stereocenters. The predicted molar refractivity (Wildman–Crippen MR) is 108 cm³/mol. The summed E-state index contributed by atoms with van der Waals surface area (Å²) in [5.41, 5.74) is 4.43. The van der Waals surface area contributed by atoms with Gasteiger partial charge >= 0.3 is 0 Å². The van der Waals surface area contributed by atoms with Gasteiger partial charge in [0.25, 0.3) is 5.91 Å². The number of nitrogens with zero attached hydrogens (tertiary/aromatic N) is 2. The van der Waals surface area contributed by atoms with E-state index >= 15 is 0 Å². The van der Waals surface area contributed by atoms with E-state index in [4.69, 9.17) is 0 Å². The molecule has 0 spiro atoms. The van der Waals surface area contributed by atoms with Crippen molar-refractivity contribution in [1.82, 2.24) is 15.3 Å². The third kappa shape index (κ3) is 5.13. The van der Waals surface area contributed by atoms with Crippen LogP contribution in [0, 0.1) is 26.6 Å². The van der Waals surface area contributed by atoms with Gasteiger partial charge in [-0.25, -0.2) is 14.4 Å². The van der Waals surface area contributed by atoms with E-state index in [1.54, 1.807) is 25.1 Å². The van der Waals surface area contributed by atoms with E-state index in [1.165, 1.54) is 12.1 Å². The molecule has 0 saturated heterocycles. The summed E-state index contributed by atoms with van der Waals surface area (Å²) in [5.74, 6) is 0.550. The number of carbonyl (C=O) groups is 1. The van der Waals surface area contributed by atoms with Crippen LogP contribution in [0.4, 0.5) is 15.9 Å². The number of hydrogen-bond acceptors (Lipinski definition) is 4. The molecule has 3 aromatic rings. The molecule has 0 fully saturated rings. The van der Waals surface area contributed by atoms with E-state index in [0.29, 0.717) is 30.3 Å². The zero-order valence-corrected chi connectivity index (χ0v) is 16.2. The summed E-state index contributed by atoms with van der Waals surface area (Å²) in [6.07, 6.45) is 0.615. The number of halogens is 1. The number of amides is 1. The summed E-state index contributed by atoms with van der Waals surface area (Å²) in [6.45, 7) is 6.23. The van der Waals surface area contributed by atoms with Crippen molar-refractivity contribution < 1.29 is 9.18 Å². The minimum absolute atomic E-state index is 0.267. The van der Waals surface area contributed by atoms with Crippen LogP contribution in [0.25, 0.3) is 0 Å². The molecule has 0 aliphatic rings. The van der Waals surface area contributed by atoms with E-state index in [1.807, 2.05) is 32.0 Å². The Labute approximate surface area is 164 Å². The molecule has 28 heavy (non-hydrogen) atoms. The molecule has 0 bridgehead atoms. The lowest BCUT2D eigenvalue weighted by atomic mass is 10.1. The first kappa shape index (κ1) is 19.5. The molecule has 0 radical (unpaired) electrons. The molecule has 0 aliphatic carbocycles. The van der Waals surface area contributed by atoms with E-state index < -0.39 is 0 Å². The molecule has 2 N–H and O–H groups in total. The lowest BCUT2D eigenvalue weighted by molar-refractivity contribution is 0.0949. The van der Waals surface area contributed by atoms with Crippen LogP contribution in [0.3, 0.4) is 0 Å². The monoisotopic (exact) mass is 378 g/mol. The number of carbonyl (C=O) groups excluding carboxylic acids is 1. The summed E-state index contributed by atoms with van der Waals surface area (Å²) in [6, 6.07) is 14.0. The van der Waals surface area contributed by atoms with Crippen LogP contribution in [-0.4, -0.2) is 22.4 Å². The quantitative estimate of drug-likeness (QED) is 0.673. The van der Waals surface area contributed by atoms with Crippen molar-refractivity contribution in [2.45, 2.75) is 27.2 Å². The first-order valence-corrected chi connectivity index (χ1v) is 9.13. The van der Waals surface area contributed by atoms with Crippen LogP contribution in [0.1, 0.15) is 33.0 Å². The van der Waals surface area contributed by atoms with Gasteiger partial charge in [0.2, 0.25) is 0 Å². The van der Waals surface area contributed by atoms with Gasteiger partial charge in [-0.05, 0) is 62.1 Å². The Morgan fingerprint density at radius 1 is 1.00 bits per heavy atom. The largest absolute Gasteiger partial charge is 0.350 e. The third-order valence-electron chi connectivity index (χ3n) is 4.34.